The SMILES string of the molecule is Clc1ccc(C2NNC(NC[C@@H]3CCCO3)c3cc(Cl)ccc32)cc1. The third-order valence-electron chi connectivity index (χ3n) is 4.82. The number of benzene rings is 2. The van der Waals surface area contributed by atoms with Gasteiger partial charge < -0.3 is 4.74 Å². The molecule has 0 aromatic heterocycles. The van der Waals surface area contributed by atoms with Gasteiger partial charge in [0.1, 0.15) is 0 Å². The van der Waals surface area contributed by atoms with Gasteiger partial charge in [0.25, 0.3) is 0 Å². The van der Waals surface area contributed by atoms with E-state index in [0.717, 1.165) is 47.2 Å². The van der Waals surface area contributed by atoms with Crippen LogP contribution in [-0.2, 0) is 4.74 Å². The van der Waals surface area contributed by atoms with Crippen LogP contribution in [0.1, 0.15) is 41.7 Å². The van der Waals surface area contributed by atoms with Gasteiger partial charge in [0.05, 0.1) is 18.3 Å². The Morgan fingerprint density at radius 3 is 2.56 bits per heavy atom. The molecule has 0 aliphatic carbocycles. The number of hydrogen-bond acceptors (Lipinski definition) is 4. The molecule has 2 aliphatic heterocycles. The Bertz CT molecular complexity index is 732. The molecule has 25 heavy (non-hydrogen) atoms. The van der Waals surface area contributed by atoms with E-state index in [2.05, 4.69) is 22.2 Å². The van der Waals surface area contributed by atoms with Crippen LogP contribution in [0, 0.1) is 0 Å². The second-order valence-corrected chi connectivity index (χ2v) is 7.40. The molecular formula is C19H21Cl2N3O. The zero-order valence-corrected chi connectivity index (χ0v) is 15.3. The maximum Gasteiger partial charge on any atom is 0.0968 e. The molecule has 0 radical (unpaired) electrons. The molecule has 2 unspecified atom stereocenters. The molecule has 4 nitrogen and oxygen atoms in total. The zero-order chi connectivity index (χ0) is 17.2. The van der Waals surface area contributed by atoms with E-state index in [1.54, 1.807) is 0 Å². The van der Waals surface area contributed by atoms with Crippen molar-refractivity contribution in [3.05, 3.63) is 69.2 Å². The second-order valence-electron chi connectivity index (χ2n) is 6.52. The van der Waals surface area contributed by atoms with E-state index < -0.39 is 0 Å². The van der Waals surface area contributed by atoms with Gasteiger partial charge in [-0.1, -0.05) is 41.4 Å². The summed E-state index contributed by atoms with van der Waals surface area (Å²) in [4.78, 5) is 0. The summed E-state index contributed by atoms with van der Waals surface area (Å²) >= 11 is 12.3. The lowest BCUT2D eigenvalue weighted by Crippen LogP contribution is -2.50. The molecule has 0 saturated carbocycles. The van der Waals surface area contributed by atoms with Crippen LogP contribution < -0.4 is 16.2 Å². The number of hydrogen-bond donors (Lipinski definition) is 3. The van der Waals surface area contributed by atoms with Gasteiger partial charge in [0.2, 0.25) is 0 Å². The van der Waals surface area contributed by atoms with Crippen molar-refractivity contribution in [2.24, 2.45) is 0 Å². The van der Waals surface area contributed by atoms with Crippen LogP contribution in [0.3, 0.4) is 0 Å². The van der Waals surface area contributed by atoms with Crippen molar-refractivity contribution in [3.8, 4) is 0 Å². The lowest BCUT2D eigenvalue weighted by molar-refractivity contribution is 0.104. The minimum Gasteiger partial charge on any atom is -0.377 e. The smallest absolute Gasteiger partial charge is 0.0968 e. The molecule has 2 aliphatic rings. The van der Waals surface area contributed by atoms with Crippen LogP contribution in [0.25, 0.3) is 0 Å². The van der Waals surface area contributed by atoms with Gasteiger partial charge >= 0.3 is 0 Å². The Morgan fingerprint density at radius 1 is 1.00 bits per heavy atom. The fourth-order valence-electron chi connectivity index (χ4n) is 3.51. The van der Waals surface area contributed by atoms with Gasteiger partial charge in [0, 0.05) is 23.2 Å². The Hall–Kier alpha value is -1.14. The molecule has 0 bridgehead atoms. The summed E-state index contributed by atoms with van der Waals surface area (Å²) in [5.74, 6) is 0. The molecule has 1 saturated heterocycles. The number of fused-ring (bicyclic) bond motifs is 1. The summed E-state index contributed by atoms with van der Waals surface area (Å²) in [6.07, 6.45) is 2.53. The van der Waals surface area contributed by atoms with E-state index in [1.165, 1.54) is 5.56 Å². The number of hydrazine groups is 1. The van der Waals surface area contributed by atoms with Crippen LogP contribution >= 0.6 is 23.2 Å². The minimum atomic E-state index is -0.0125. The molecular weight excluding hydrogens is 357 g/mol. The highest BCUT2D eigenvalue weighted by atomic mass is 35.5. The molecule has 2 aromatic carbocycles. The fourth-order valence-corrected chi connectivity index (χ4v) is 3.82. The third kappa shape index (κ3) is 3.85. The van der Waals surface area contributed by atoms with Crippen LogP contribution in [0.4, 0.5) is 0 Å². The van der Waals surface area contributed by atoms with Gasteiger partial charge in [-0.15, -0.1) is 0 Å². The lowest BCUT2D eigenvalue weighted by atomic mass is 9.92. The summed E-state index contributed by atoms with van der Waals surface area (Å²) in [5, 5.41) is 5.02. The molecule has 2 aromatic rings. The monoisotopic (exact) mass is 377 g/mol. The molecule has 132 valence electrons. The predicted octanol–water partition coefficient (Wildman–Crippen LogP) is 3.96. The first-order valence-electron chi connectivity index (χ1n) is 8.61. The summed E-state index contributed by atoms with van der Waals surface area (Å²) in [6, 6.07) is 14.0. The molecule has 1 fully saturated rings. The van der Waals surface area contributed by atoms with Crippen molar-refractivity contribution in [3.63, 3.8) is 0 Å². The standard InChI is InChI=1S/C19H21Cl2N3O/c20-13-5-3-12(4-6-13)18-16-8-7-14(21)10-17(16)19(24-23-18)22-11-15-2-1-9-25-15/h3-8,10,15,18-19,22-24H,1-2,9,11H2/t15-,18?,19?/m0/s1. The molecule has 3 N–H and O–H groups in total. The Morgan fingerprint density at radius 2 is 1.80 bits per heavy atom. The normalized spacial score (nSPS) is 25.8. The van der Waals surface area contributed by atoms with Crippen LogP contribution in [0.5, 0.6) is 0 Å². The van der Waals surface area contributed by atoms with Crippen LogP contribution in [0.15, 0.2) is 42.5 Å². The highest BCUT2D eigenvalue weighted by Crippen LogP contribution is 2.33. The maximum atomic E-state index is 6.27. The van der Waals surface area contributed by atoms with Crippen molar-refractivity contribution in [2.75, 3.05) is 13.2 Å². The Labute approximate surface area is 157 Å². The van der Waals surface area contributed by atoms with E-state index >= 15 is 0 Å². The average Bonchev–Trinajstić information content (AvgIpc) is 3.14. The molecule has 4 rings (SSSR count). The van der Waals surface area contributed by atoms with Gasteiger partial charge in [0.15, 0.2) is 0 Å². The number of ether oxygens (including phenoxy) is 1. The van der Waals surface area contributed by atoms with Crippen molar-refractivity contribution < 1.29 is 4.74 Å². The summed E-state index contributed by atoms with van der Waals surface area (Å²) in [7, 11) is 0. The average molecular weight is 378 g/mol. The molecule has 3 atom stereocenters. The van der Waals surface area contributed by atoms with Crippen molar-refractivity contribution in [2.45, 2.75) is 31.2 Å². The zero-order valence-electron chi connectivity index (χ0n) is 13.8. The summed E-state index contributed by atoms with van der Waals surface area (Å²) in [5.41, 5.74) is 10.3. The van der Waals surface area contributed by atoms with E-state index in [9.17, 15) is 0 Å². The first-order chi connectivity index (χ1) is 12.2. The lowest BCUT2D eigenvalue weighted by Gasteiger charge is -2.35. The summed E-state index contributed by atoms with van der Waals surface area (Å²) in [6.45, 7) is 1.68. The van der Waals surface area contributed by atoms with Crippen LogP contribution in [-0.4, -0.2) is 19.3 Å². The number of halogens is 2. The highest BCUT2D eigenvalue weighted by Gasteiger charge is 2.28. The van der Waals surface area contributed by atoms with Gasteiger partial charge in [-0.25, -0.2) is 10.9 Å². The maximum absolute atomic E-state index is 6.27. The molecule has 6 heteroatoms. The fraction of sp³-hybridized carbons (Fsp3) is 0.368. The minimum absolute atomic E-state index is 0.0125. The van der Waals surface area contributed by atoms with Crippen LogP contribution in [0.2, 0.25) is 10.0 Å². The third-order valence-corrected chi connectivity index (χ3v) is 5.31. The van der Waals surface area contributed by atoms with E-state index in [4.69, 9.17) is 27.9 Å². The Kier molecular flexibility index (Phi) is 5.27. The van der Waals surface area contributed by atoms with Gasteiger partial charge in [-0.2, -0.15) is 0 Å². The van der Waals surface area contributed by atoms with E-state index in [-0.39, 0.29) is 12.2 Å². The Balaban J connectivity index is 1.58. The van der Waals surface area contributed by atoms with Crippen molar-refractivity contribution >= 4 is 23.2 Å². The van der Waals surface area contributed by atoms with Crippen molar-refractivity contribution in [1.82, 2.24) is 16.2 Å². The van der Waals surface area contributed by atoms with Gasteiger partial charge in [-0.05, 0) is 53.8 Å². The predicted molar refractivity (Wildman–Crippen MR) is 101 cm³/mol. The molecule has 2 heterocycles. The second kappa shape index (κ2) is 7.62. The molecule has 0 amide bonds. The van der Waals surface area contributed by atoms with E-state index in [0.29, 0.717) is 6.10 Å². The summed E-state index contributed by atoms with van der Waals surface area (Å²) < 4.78 is 5.71. The van der Waals surface area contributed by atoms with Crippen molar-refractivity contribution in [1.29, 1.82) is 0 Å². The van der Waals surface area contributed by atoms with Gasteiger partial charge in [-0.3, -0.25) is 5.32 Å². The quantitative estimate of drug-likeness (QED) is 0.754. The topological polar surface area (TPSA) is 45.3 Å². The number of nitrogens with one attached hydrogen (secondary N) is 3. The highest BCUT2D eigenvalue weighted by molar-refractivity contribution is 6.30. The first kappa shape index (κ1) is 17.3. The first-order valence-corrected chi connectivity index (χ1v) is 9.37. The number of rotatable bonds is 4. The largest absolute Gasteiger partial charge is 0.377 e. The molecule has 0 spiro atoms. The van der Waals surface area contributed by atoms with E-state index in [1.807, 2.05) is 36.4 Å².